The fourth-order valence-corrected chi connectivity index (χ4v) is 2.21. The second kappa shape index (κ2) is 4.57. The van der Waals surface area contributed by atoms with Crippen molar-refractivity contribution in [1.82, 2.24) is 0 Å². The molecule has 0 saturated heterocycles. The summed E-state index contributed by atoms with van der Waals surface area (Å²) in [4.78, 5) is 0. The van der Waals surface area contributed by atoms with Crippen LogP contribution in [0.2, 0.25) is 0 Å². The van der Waals surface area contributed by atoms with Crippen LogP contribution in [0, 0.1) is 16.7 Å². The third kappa shape index (κ3) is 2.55. The fraction of sp³-hybridized carbons (Fsp3) is 0.500. The van der Waals surface area contributed by atoms with E-state index >= 15 is 0 Å². The molecule has 84 valence electrons. The molecule has 1 fully saturated rings. The lowest BCUT2D eigenvalue weighted by Crippen LogP contribution is -2.15. The van der Waals surface area contributed by atoms with Crippen LogP contribution in [-0.2, 0) is 0 Å². The monoisotopic (exact) mass is 214 g/mol. The maximum absolute atomic E-state index is 8.81. The summed E-state index contributed by atoms with van der Waals surface area (Å²) >= 11 is 0. The number of benzene rings is 1. The first kappa shape index (κ1) is 11.0. The number of anilines is 1. The van der Waals surface area contributed by atoms with Crippen molar-refractivity contribution >= 4 is 5.69 Å². The van der Waals surface area contributed by atoms with Gasteiger partial charge in [0.25, 0.3) is 0 Å². The van der Waals surface area contributed by atoms with Gasteiger partial charge in [-0.3, -0.25) is 0 Å². The van der Waals surface area contributed by atoms with E-state index in [4.69, 9.17) is 5.26 Å². The van der Waals surface area contributed by atoms with Crippen LogP contribution in [-0.4, -0.2) is 6.54 Å². The number of rotatable bonds is 5. The average molecular weight is 214 g/mol. The predicted octanol–water partition coefficient (Wildman–Crippen LogP) is 3.55. The number of nitriles is 1. The molecule has 0 amide bonds. The van der Waals surface area contributed by atoms with E-state index in [9.17, 15) is 0 Å². The zero-order valence-electron chi connectivity index (χ0n) is 9.79. The number of hydrogen-bond acceptors (Lipinski definition) is 2. The van der Waals surface area contributed by atoms with Crippen LogP contribution in [0.25, 0.3) is 0 Å². The van der Waals surface area contributed by atoms with Gasteiger partial charge in [0.1, 0.15) is 0 Å². The quantitative estimate of drug-likeness (QED) is 0.813. The minimum Gasteiger partial charge on any atom is -0.384 e. The summed E-state index contributed by atoms with van der Waals surface area (Å²) < 4.78 is 0. The van der Waals surface area contributed by atoms with Crippen LogP contribution in [0.3, 0.4) is 0 Å². The van der Waals surface area contributed by atoms with E-state index in [1.165, 1.54) is 25.7 Å². The van der Waals surface area contributed by atoms with E-state index in [1.807, 2.05) is 24.3 Å². The lowest BCUT2D eigenvalue weighted by atomic mass is 10.0. The largest absolute Gasteiger partial charge is 0.384 e. The van der Waals surface area contributed by atoms with Crippen LogP contribution < -0.4 is 5.32 Å². The Hall–Kier alpha value is -1.49. The third-order valence-electron chi connectivity index (χ3n) is 3.40. The van der Waals surface area contributed by atoms with E-state index < -0.39 is 0 Å². The summed E-state index contributed by atoms with van der Waals surface area (Å²) in [5.74, 6) is 0. The minimum absolute atomic E-state index is 0.553. The summed E-state index contributed by atoms with van der Waals surface area (Å²) in [6.07, 6.45) is 5.29. The van der Waals surface area contributed by atoms with E-state index in [-0.39, 0.29) is 0 Å². The number of nitrogens with one attached hydrogen (secondary N) is 1. The molecule has 1 aliphatic rings. The Bertz CT molecular complexity index is 399. The van der Waals surface area contributed by atoms with Gasteiger partial charge in [0.05, 0.1) is 11.6 Å². The van der Waals surface area contributed by atoms with Crippen molar-refractivity contribution in [2.24, 2.45) is 5.41 Å². The third-order valence-corrected chi connectivity index (χ3v) is 3.40. The van der Waals surface area contributed by atoms with Crippen LogP contribution in [0.15, 0.2) is 24.3 Å². The van der Waals surface area contributed by atoms with Crippen LogP contribution in [0.1, 0.15) is 38.2 Å². The Kier molecular flexibility index (Phi) is 3.14. The molecule has 0 bridgehead atoms. The maximum atomic E-state index is 8.81. The van der Waals surface area contributed by atoms with E-state index in [0.29, 0.717) is 5.41 Å². The molecule has 1 N–H and O–H groups in total. The predicted molar refractivity (Wildman–Crippen MR) is 66.2 cm³/mol. The van der Waals surface area contributed by atoms with Gasteiger partial charge in [0, 0.05) is 12.2 Å². The molecule has 0 unspecified atom stereocenters. The van der Waals surface area contributed by atoms with Crippen molar-refractivity contribution in [3.05, 3.63) is 29.8 Å². The summed E-state index contributed by atoms with van der Waals surface area (Å²) in [6, 6.07) is 9.88. The molecule has 0 aliphatic heterocycles. The molecule has 1 aliphatic carbocycles. The second-order valence-electron chi connectivity index (χ2n) is 4.80. The molecule has 1 aromatic carbocycles. The molecule has 0 radical (unpaired) electrons. The standard InChI is InChI=1S/C14H18N2/c1-2-6-14(7-8-14)11-16-13-5-3-4-12(9-13)10-15/h3-5,9,16H,2,6-8,11H2,1H3. The summed E-state index contributed by atoms with van der Waals surface area (Å²) in [7, 11) is 0. The van der Waals surface area contributed by atoms with Crippen LogP contribution in [0.5, 0.6) is 0 Å². The van der Waals surface area contributed by atoms with Crippen molar-refractivity contribution < 1.29 is 0 Å². The van der Waals surface area contributed by atoms with Gasteiger partial charge in [0.15, 0.2) is 0 Å². The van der Waals surface area contributed by atoms with Crippen molar-refractivity contribution in [2.45, 2.75) is 32.6 Å². The molecular weight excluding hydrogens is 196 g/mol. The fourth-order valence-electron chi connectivity index (χ4n) is 2.21. The first-order chi connectivity index (χ1) is 7.78. The van der Waals surface area contributed by atoms with E-state index in [1.54, 1.807) is 0 Å². The maximum Gasteiger partial charge on any atom is 0.0992 e. The molecule has 16 heavy (non-hydrogen) atoms. The normalized spacial score (nSPS) is 16.5. The van der Waals surface area contributed by atoms with E-state index in [0.717, 1.165) is 17.8 Å². The Morgan fingerprint density at radius 3 is 2.88 bits per heavy atom. The summed E-state index contributed by atoms with van der Waals surface area (Å²) in [6.45, 7) is 3.30. The zero-order chi connectivity index (χ0) is 11.4. The Balaban J connectivity index is 1.92. The molecule has 0 aromatic heterocycles. The molecular formula is C14H18N2. The van der Waals surface area contributed by atoms with Crippen molar-refractivity contribution in [1.29, 1.82) is 5.26 Å². The molecule has 0 atom stereocenters. The molecule has 1 aromatic rings. The Labute approximate surface area is 97.3 Å². The van der Waals surface area contributed by atoms with Gasteiger partial charge in [-0.25, -0.2) is 0 Å². The van der Waals surface area contributed by atoms with Crippen LogP contribution in [0.4, 0.5) is 5.69 Å². The Morgan fingerprint density at radius 1 is 1.44 bits per heavy atom. The lowest BCUT2D eigenvalue weighted by molar-refractivity contribution is 0.486. The molecule has 0 spiro atoms. The second-order valence-corrected chi connectivity index (χ2v) is 4.80. The SMILES string of the molecule is CCCC1(CNc2cccc(C#N)c2)CC1. The number of nitrogens with zero attached hydrogens (tertiary/aromatic N) is 1. The Morgan fingerprint density at radius 2 is 2.25 bits per heavy atom. The molecule has 2 nitrogen and oxygen atoms in total. The molecule has 2 heteroatoms. The average Bonchev–Trinajstić information content (AvgIpc) is 3.08. The van der Waals surface area contributed by atoms with Gasteiger partial charge in [-0.1, -0.05) is 19.4 Å². The highest BCUT2D eigenvalue weighted by atomic mass is 14.9. The van der Waals surface area contributed by atoms with Gasteiger partial charge < -0.3 is 5.32 Å². The van der Waals surface area contributed by atoms with E-state index in [2.05, 4.69) is 18.3 Å². The highest BCUT2D eigenvalue weighted by Gasteiger charge is 2.40. The van der Waals surface area contributed by atoms with Crippen molar-refractivity contribution in [2.75, 3.05) is 11.9 Å². The van der Waals surface area contributed by atoms with Crippen molar-refractivity contribution in [3.63, 3.8) is 0 Å². The first-order valence-corrected chi connectivity index (χ1v) is 6.02. The smallest absolute Gasteiger partial charge is 0.0992 e. The highest BCUT2D eigenvalue weighted by Crippen LogP contribution is 2.49. The lowest BCUT2D eigenvalue weighted by Gasteiger charge is -2.15. The van der Waals surface area contributed by atoms with Gasteiger partial charge in [0.2, 0.25) is 0 Å². The minimum atomic E-state index is 0.553. The highest BCUT2D eigenvalue weighted by molar-refractivity contribution is 5.49. The van der Waals surface area contributed by atoms with Crippen LogP contribution >= 0.6 is 0 Å². The van der Waals surface area contributed by atoms with Gasteiger partial charge in [-0.15, -0.1) is 0 Å². The summed E-state index contributed by atoms with van der Waals surface area (Å²) in [5, 5.41) is 12.3. The van der Waals surface area contributed by atoms with Gasteiger partial charge >= 0.3 is 0 Å². The zero-order valence-corrected chi connectivity index (χ0v) is 9.79. The van der Waals surface area contributed by atoms with Gasteiger partial charge in [-0.05, 0) is 42.9 Å². The molecule has 2 rings (SSSR count). The van der Waals surface area contributed by atoms with Crippen molar-refractivity contribution in [3.8, 4) is 6.07 Å². The molecule has 0 heterocycles. The summed E-state index contributed by atoms with van der Waals surface area (Å²) in [5.41, 5.74) is 2.35. The molecule has 1 saturated carbocycles. The van der Waals surface area contributed by atoms with Gasteiger partial charge in [-0.2, -0.15) is 5.26 Å². The topological polar surface area (TPSA) is 35.8 Å². The first-order valence-electron chi connectivity index (χ1n) is 6.02. The number of hydrogen-bond donors (Lipinski definition) is 1.